The van der Waals surface area contributed by atoms with E-state index in [2.05, 4.69) is 31.1 Å². The number of aromatic hydroxyl groups is 1. The molecule has 0 aromatic carbocycles. The summed E-state index contributed by atoms with van der Waals surface area (Å²) >= 11 is 0. The van der Waals surface area contributed by atoms with Crippen LogP contribution < -0.4 is 5.32 Å². The summed E-state index contributed by atoms with van der Waals surface area (Å²) in [6, 6.07) is 0. The summed E-state index contributed by atoms with van der Waals surface area (Å²) in [5.41, 5.74) is 2.08. The number of nitrogens with zero attached hydrogens (tertiary/aromatic N) is 1. The molecule has 0 radical (unpaired) electrons. The molecule has 1 rings (SSSR count). The molecule has 4 nitrogen and oxygen atoms in total. The summed E-state index contributed by atoms with van der Waals surface area (Å²) in [5, 5.41) is 22.8. The van der Waals surface area contributed by atoms with Crippen molar-refractivity contribution in [1.29, 1.82) is 0 Å². The molecule has 0 spiro atoms. The van der Waals surface area contributed by atoms with Crippen molar-refractivity contribution < 1.29 is 10.2 Å². The molecule has 0 aliphatic carbocycles. The number of aliphatic hydroxyl groups excluding tert-OH is 1. The molecule has 0 unspecified atom stereocenters. The standard InChI is InChI=1S/C14H24N2O2/c1-5-14(4,6-2)16-8-12-11(9-17)7-15-10(3)13(12)18/h7,16-18H,5-6,8-9H2,1-4H3. The largest absolute Gasteiger partial charge is 0.506 e. The fourth-order valence-electron chi connectivity index (χ4n) is 1.82. The molecule has 0 aliphatic heterocycles. The van der Waals surface area contributed by atoms with Gasteiger partial charge in [-0.25, -0.2) is 0 Å². The average Bonchev–Trinajstić information content (AvgIpc) is 2.40. The van der Waals surface area contributed by atoms with Crippen LogP contribution in [-0.2, 0) is 13.2 Å². The predicted octanol–water partition coefficient (Wildman–Crippen LogP) is 2.26. The Labute approximate surface area is 109 Å². The second-order valence-corrected chi connectivity index (χ2v) is 4.98. The first kappa shape index (κ1) is 14.9. The third-order valence-corrected chi connectivity index (χ3v) is 3.85. The van der Waals surface area contributed by atoms with E-state index in [-0.39, 0.29) is 17.9 Å². The van der Waals surface area contributed by atoms with Crippen molar-refractivity contribution in [2.24, 2.45) is 0 Å². The summed E-state index contributed by atoms with van der Waals surface area (Å²) in [4.78, 5) is 4.06. The van der Waals surface area contributed by atoms with Crippen LogP contribution in [0.25, 0.3) is 0 Å². The SMILES string of the molecule is CCC(C)(CC)NCc1c(CO)cnc(C)c1O. The van der Waals surface area contributed by atoms with Crippen LogP contribution in [0.15, 0.2) is 6.20 Å². The van der Waals surface area contributed by atoms with Gasteiger partial charge in [0, 0.05) is 29.4 Å². The van der Waals surface area contributed by atoms with Gasteiger partial charge in [0.2, 0.25) is 0 Å². The zero-order chi connectivity index (χ0) is 13.8. The van der Waals surface area contributed by atoms with E-state index in [1.54, 1.807) is 13.1 Å². The van der Waals surface area contributed by atoms with E-state index in [4.69, 9.17) is 0 Å². The molecule has 3 N–H and O–H groups in total. The van der Waals surface area contributed by atoms with Crippen molar-refractivity contribution in [2.75, 3.05) is 0 Å². The lowest BCUT2D eigenvalue weighted by Gasteiger charge is -2.29. The third kappa shape index (κ3) is 3.21. The van der Waals surface area contributed by atoms with Crippen LogP contribution in [0.3, 0.4) is 0 Å². The summed E-state index contributed by atoms with van der Waals surface area (Å²) in [6.45, 7) is 8.65. The average molecular weight is 252 g/mol. The first-order valence-corrected chi connectivity index (χ1v) is 6.49. The second-order valence-electron chi connectivity index (χ2n) is 4.98. The molecule has 18 heavy (non-hydrogen) atoms. The highest BCUT2D eigenvalue weighted by Gasteiger charge is 2.20. The zero-order valence-corrected chi connectivity index (χ0v) is 11.7. The van der Waals surface area contributed by atoms with Crippen LogP contribution in [0.4, 0.5) is 0 Å². The second kappa shape index (κ2) is 6.16. The maximum atomic E-state index is 10.0. The van der Waals surface area contributed by atoms with Gasteiger partial charge in [-0.15, -0.1) is 0 Å². The normalized spacial score (nSPS) is 11.8. The van der Waals surface area contributed by atoms with Gasteiger partial charge in [-0.05, 0) is 26.7 Å². The molecule has 0 saturated heterocycles. The molecule has 1 aromatic heterocycles. The van der Waals surface area contributed by atoms with Crippen molar-refractivity contribution in [3.8, 4) is 5.75 Å². The highest BCUT2D eigenvalue weighted by molar-refractivity contribution is 5.40. The Hall–Kier alpha value is -1.13. The number of aromatic nitrogens is 1. The van der Waals surface area contributed by atoms with Crippen LogP contribution in [0.5, 0.6) is 5.75 Å². The topological polar surface area (TPSA) is 65.4 Å². The fourth-order valence-corrected chi connectivity index (χ4v) is 1.82. The van der Waals surface area contributed by atoms with Gasteiger partial charge in [0.25, 0.3) is 0 Å². The molecule has 102 valence electrons. The Bertz CT molecular complexity index is 401. The molecule has 0 saturated carbocycles. The summed E-state index contributed by atoms with van der Waals surface area (Å²) < 4.78 is 0. The van der Waals surface area contributed by atoms with E-state index in [1.807, 2.05) is 0 Å². The minimum atomic E-state index is -0.104. The number of nitrogens with one attached hydrogen (secondary N) is 1. The molecule has 0 bridgehead atoms. The summed E-state index contributed by atoms with van der Waals surface area (Å²) in [6.07, 6.45) is 3.66. The minimum Gasteiger partial charge on any atom is -0.506 e. The van der Waals surface area contributed by atoms with Gasteiger partial charge in [0.05, 0.1) is 12.3 Å². The molecule has 0 fully saturated rings. The number of aryl methyl sites for hydroxylation is 1. The smallest absolute Gasteiger partial charge is 0.141 e. The van der Waals surface area contributed by atoms with Crippen LogP contribution in [0, 0.1) is 6.92 Å². The Morgan fingerprint density at radius 3 is 2.44 bits per heavy atom. The number of aliphatic hydroxyl groups is 1. The van der Waals surface area contributed by atoms with Crippen LogP contribution in [0.2, 0.25) is 0 Å². The lowest BCUT2D eigenvalue weighted by molar-refractivity contribution is 0.276. The number of hydrogen-bond donors (Lipinski definition) is 3. The van der Waals surface area contributed by atoms with Gasteiger partial charge in [-0.2, -0.15) is 0 Å². The Morgan fingerprint density at radius 2 is 1.94 bits per heavy atom. The van der Waals surface area contributed by atoms with Gasteiger partial charge < -0.3 is 15.5 Å². The molecular weight excluding hydrogens is 228 g/mol. The molecule has 4 heteroatoms. The first-order valence-electron chi connectivity index (χ1n) is 6.49. The first-order chi connectivity index (χ1) is 8.47. The van der Waals surface area contributed by atoms with Crippen LogP contribution in [0.1, 0.15) is 50.4 Å². The van der Waals surface area contributed by atoms with E-state index >= 15 is 0 Å². The maximum absolute atomic E-state index is 10.0. The maximum Gasteiger partial charge on any atom is 0.141 e. The van der Waals surface area contributed by atoms with Crippen molar-refractivity contribution >= 4 is 0 Å². The van der Waals surface area contributed by atoms with E-state index in [0.717, 1.165) is 18.4 Å². The predicted molar refractivity (Wildman–Crippen MR) is 72.4 cm³/mol. The number of hydrogen-bond acceptors (Lipinski definition) is 4. The Morgan fingerprint density at radius 1 is 1.33 bits per heavy atom. The van der Waals surface area contributed by atoms with E-state index < -0.39 is 0 Å². The lowest BCUT2D eigenvalue weighted by Crippen LogP contribution is -2.40. The lowest BCUT2D eigenvalue weighted by atomic mass is 9.95. The highest BCUT2D eigenvalue weighted by Crippen LogP contribution is 2.25. The number of rotatable bonds is 6. The van der Waals surface area contributed by atoms with Gasteiger partial charge in [-0.3, -0.25) is 4.98 Å². The van der Waals surface area contributed by atoms with Crippen molar-refractivity contribution in [3.05, 3.63) is 23.0 Å². The Kier molecular flexibility index (Phi) is 5.11. The minimum absolute atomic E-state index is 0.0519. The van der Waals surface area contributed by atoms with E-state index in [1.165, 1.54) is 0 Å². The van der Waals surface area contributed by atoms with Crippen molar-refractivity contribution in [2.45, 2.75) is 59.2 Å². The highest BCUT2D eigenvalue weighted by atomic mass is 16.3. The number of pyridine rings is 1. The van der Waals surface area contributed by atoms with Gasteiger partial charge in [0.1, 0.15) is 5.75 Å². The fraction of sp³-hybridized carbons (Fsp3) is 0.643. The molecule has 1 aromatic rings. The summed E-state index contributed by atoms with van der Waals surface area (Å²) in [5.74, 6) is 0.184. The van der Waals surface area contributed by atoms with Gasteiger partial charge in [0.15, 0.2) is 0 Å². The quantitative estimate of drug-likeness (QED) is 0.726. The van der Waals surface area contributed by atoms with Gasteiger partial charge in [-0.1, -0.05) is 13.8 Å². The monoisotopic (exact) mass is 252 g/mol. The molecule has 0 atom stereocenters. The zero-order valence-electron chi connectivity index (χ0n) is 11.7. The molecule has 1 heterocycles. The molecule has 0 aliphatic rings. The molecular formula is C14H24N2O2. The summed E-state index contributed by atoms with van der Waals surface area (Å²) in [7, 11) is 0. The van der Waals surface area contributed by atoms with E-state index in [0.29, 0.717) is 17.8 Å². The van der Waals surface area contributed by atoms with Crippen LogP contribution in [-0.4, -0.2) is 20.7 Å². The molecule has 0 amide bonds. The third-order valence-electron chi connectivity index (χ3n) is 3.85. The van der Waals surface area contributed by atoms with E-state index in [9.17, 15) is 10.2 Å². The Balaban J connectivity index is 2.93. The van der Waals surface area contributed by atoms with Crippen molar-refractivity contribution in [3.63, 3.8) is 0 Å². The van der Waals surface area contributed by atoms with Crippen molar-refractivity contribution in [1.82, 2.24) is 10.3 Å². The van der Waals surface area contributed by atoms with Crippen LogP contribution >= 0.6 is 0 Å². The van der Waals surface area contributed by atoms with Gasteiger partial charge >= 0.3 is 0 Å².